The first-order valence-corrected chi connectivity index (χ1v) is 9.33. The van der Waals surface area contributed by atoms with Gasteiger partial charge in [-0.2, -0.15) is 10.4 Å². The van der Waals surface area contributed by atoms with Gasteiger partial charge < -0.3 is 10.1 Å². The van der Waals surface area contributed by atoms with Crippen molar-refractivity contribution in [2.45, 2.75) is 46.3 Å². The Kier molecular flexibility index (Phi) is 6.65. The number of hydrogen-bond donors (Lipinski definition) is 1. The highest BCUT2D eigenvalue weighted by Crippen LogP contribution is 2.25. The van der Waals surface area contributed by atoms with Gasteiger partial charge in [0.2, 0.25) is 0 Å². The fraction of sp³-hybridized carbons (Fsp3) is 0.400. The Morgan fingerprint density at radius 3 is 2.41 bits per heavy atom. The van der Waals surface area contributed by atoms with Gasteiger partial charge in [-0.05, 0) is 51.0 Å². The molecule has 0 aliphatic rings. The van der Waals surface area contributed by atoms with Crippen LogP contribution in [0.4, 0.5) is 4.39 Å². The number of aromatic nitrogens is 2. The van der Waals surface area contributed by atoms with Gasteiger partial charge >= 0.3 is 5.97 Å². The molecule has 2 unspecified atom stereocenters. The van der Waals surface area contributed by atoms with Crippen LogP contribution in [0.25, 0.3) is 5.69 Å². The number of nitrogens with one attached hydrogen (secondary N) is 1. The molecule has 2 aromatic rings. The number of rotatable bonds is 6. The normalized spacial score (nSPS) is 14.0. The molecule has 0 aliphatic carbocycles. The first-order chi connectivity index (χ1) is 13.5. The lowest BCUT2D eigenvalue weighted by Gasteiger charge is -2.28. The van der Waals surface area contributed by atoms with Crippen molar-refractivity contribution in [3.63, 3.8) is 0 Å². The van der Waals surface area contributed by atoms with Crippen LogP contribution in [-0.2, 0) is 9.53 Å². The standard InChI is InChI=1S/C20H22ClFN4O3/c1-11(2)20(5,10-23)24-18(27)13(4)29-19(28)16-12(3)25-26(17(16)21)15-8-6-14(22)7-9-15/h6-9,11,13H,1-5H3,(H,24,27). The molecule has 1 heterocycles. The van der Waals surface area contributed by atoms with Crippen LogP contribution in [-0.4, -0.2) is 33.3 Å². The zero-order valence-electron chi connectivity index (χ0n) is 16.8. The molecule has 1 aromatic carbocycles. The summed E-state index contributed by atoms with van der Waals surface area (Å²) in [4.78, 5) is 25.0. The van der Waals surface area contributed by atoms with E-state index in [0.29, 0.717) is 11.4 Å². The van der Waals surface area contributed by atoms with Crippen LogP contribution in [0.1, 0.15) is 43.7 Å². The fourth-order valence-electron chi connectivity index (χ4n) is 2.42. The van der Waals surface area contributed by atoms with Crippen LogP contribution in [0, 0.1) is 30.0 Å². The lowest BCUT2D eigenvalue weighted by atomic mass is 9.90. The molecule has 154 valence electrons. The minimum Gasteiger partial charge on any atom is -0.449 e. The van der Waals surface area contributed by atoms with E-state index in [9.17, 15) is 19.2 Å². The first kappa shape index (κ1) is 22.4. The van der Waals surface area contributed by atoms with Gasteiger partial charge in [-0.3, -0.25) is 4.79 Å². The molecule has 0 radical (unpaired) electrons. The third-order valence-corrected chi connectivity index (χ3v) is 5.05. The zero-order valence-corrected chi connectivity index (χ0v) is 17.5. The Morgan fingerprint density at radius 1 is 1.31 bits per heavy atom. The van der Waals surface area contributed by atoms with Crippen LogP contribution >= 0.6 is 11.6 Å². The Morgan fingerprint density at radius 2 is 1.90 bits per heavy atom. The van der Waals surface area contributed by atoms with Gasteiger partial charge in [0.1, 0.15) is 22.1 Å². The SMILES string of the molecule is Cc1nn(-c2ccc(F)cc2)c(Cl)c1C(=O)OC(C)C(=O)NC(C)(C#N)C(C)C. The van der Waals surface area contributed by atoms with Crippen molar-refractivity contribution < 1.29 is 18.7 Å². The van der Waals surface area contributed by atoms with Crippen molar-refractivity contribution in [1.29, 1.82) is 5.26 Å². The zero-order chi connectivity index (χ0) is 21.9. The summed E-state index contributed by atoms with van der Waals surface area (Å²) in [6.45, 7) is 8.16. The largest absolute Gasteiger partial charge is 0.449 e. The smallest absolute Gasteiger partial charge is 0.344 e. The van der Waals surface area contributed by atoms with Gasteiger partial charge in [-0.25, -0.2) is 13.9 Å². The highest BCUT2D eigenvalue weighted by molar-refractivity contribution is 6.33. The Balaban J connectivity index is 2.20. The minimum atomic E-state index is -1.15. The third-order valence-electron chi connectivity index (χ3n) is 4.70. The molecule has 1 N–H and O–H groups in total. The summed E-state index contributed by atoms with van der Waals surface area (Å²) in [6, 6.07) is 7.48. The second-order valence-electron chi connectivity index (χ2n) is 7.15. The molecule has 0 aliphatic heterocycles. The van der Waals surface area contributed by atoms with Gasteiger partial charge in [0.15, 0.2) is 6.10 Å². The monoisotopic (exact) mass is 420 g/mol. The fourth-order valence-corrected chi connectivity index (χ4v) is 2.77. The summed E-state index contributed by atoms with van der Waals surface area (Å²) in [6.07, 6.45) is -1.15. The lowest BCUT2D eigenvalue weighted by molar-refractivity contribution is -0.130. The number of nitriles is 1. The predicted octanol–water partition coefficient (Wildman–Crippen LogP) is 3.57. The second-order valence-corrected chi connectivity index (χ2v) is 7.50. The number of carbonyl (C=O) groups is 2. The Labute approximate surface area is 173 Å². The van der Waals surface area contributed by atoms with E-state index in [1.54, 1.807) is 27.7 Å². The van der Waals surface area contributed by atoms with Gasteiger partial charge in [0.25, 0.3) is 5.91 Å². The number of ether oxygens (including phenoxy) is 1. The number of halogens is 2. The molecule has 9 heteroatoms. The van der Waals surface area contributed by atoms with E-state index in [0.717, 1.165) is 0 Å². The van der Waals surface area contributed by atoms with Gasteiger partial charge in [0, 0.05) is 0 Å². The average molecular weight is 421 g/mol. The molecule has 0 fully saturated rings. The molecule has 0 spiro atoms. The summed E-state index contributed by atoms with van der Waals surface area (Å²) in [7, 11) is 0. The number of benzene rings is 1. The molecule has 0 bridgehead atoms. The molecular formula is C20H22ClFN4O3. The van der Waals surface area contributed by atoms with Crippen LogP contribution < -0.4 is 5.32 Å². The van der Waals surface area contributed by atoms with E-state index < -0.39 is 29.3 Å². The van der Waals surface area contributed by atoms with E-state index >= 15 is 0 Å². The third kappa shape index (κ3) is 4.74. The molecule has 2 atom stereocenters. The molecule has 0 saturated carbocycles. The number of esters is 1. The van der Waals surface area contributed by atoms with Gasteiger partial charge in [-0.15, -0.1) is 0 Å². The highest BCUT2D eigenvalue weighted by atomic mass is 35.5. The summed E-state index contributed by atoms with van der Waals surface area (Å²) < 4.78 is 19.7. The van der Waals surface area contributed by atoms with E-state index in [1.807, 2.05) is 0 Å². The van der Waals surface area contributed by atoms with Crippen molar-refractivity contribution in [2.24, 2.45) is 5.92 Å². The van der Waals surface area contributed by atoms with Crippen molar-refractivity contribution >= 4 is 23.5 Å². The maximum absolute atomic E-state index is 13.1. The number of amides is 1. The van der Waals surface area contributed by atoms with E-state index in [-0.39, 0.29) is 16.6 Å². The summed E-state index contributed by atoms with van der Waals surface area (Å²) in [5, 5.41) is 16.1. The average Bonchev–Trinajstić information content (AvgIpc) is 2.96. The predicted molar refractivity (Wildman–Crippen MR) is 105 cm³/mol. The Bertz CT molecular complexity index is 965. The molecular weight excluding hydrogens is 399 g/mol. The second kappa shape index (κ2) is 8.62. The molecule has 0 saturated heterocycles. The molecule has 2 rings (SSSR count). The van der Waals surface area contributed by atoms with Crippen molar-refractivity contribution in [1.82, 2.24) is 15.1 Å². The van der Waals surface area contributed by atoms with Gasteiger partial charge in [0.05, 0.1) is 17.5 Å². The van der Waals surface area contributed by atoms with Crippen molar-refractivity contribution in [3.8, 4) is 11.8 Å². The number of carbonyl (C=O) groups excluding carboxylic acids is 2. The number of aryl methyl sites for hydroxylation is 1. The number of hydrogen-bond acceptors (Lipinski definition) is 5. The summed E-state index contributed by atoms with van der Waals surface area (Å²) >= 11 is 6.29. The molecule has 1 aromatic heterocycles. The molecule has 1 amide bonds. The summed E-state index contributed by atoms with van der Waals surface area (Å²) in [5.74, 6) is -1.99. The van der Waals surface area contributed by atoms with Crippen molar-refractivity contribution in [2.75, 3.05) is 0 Å². The molecule has 7 nitrogen and oxygen atoms in total. The first-order valence-electron chi connectivity index (χ1n) is 8.95. The summed E-state index contributed by atoms with van der Waals surface area (Å²) in [5.41, 5.74) is -0.340. The highest BCUT2D eigenvalue weighted by Gasteiger charge is 2.33. The quantitative estimate of drug-likeness (QED) is 0.720. The Hall–Kier alpha value is -2.92. The van der Waals surface area contributed by atoms with E-state index in [1.165, 1.54) is 35.9 Å². The van der Waals surface area contributed by atoms with Crippen LogP contribution in [0.15, 0.2) is 24.3 Å². The van der Waals surface area contributed by atoms with Crippen molar-refractivity contribution in [3.05, 3.63) is 46.5 Å². The maximum atomic E-state index is 13.1. The topological polar surface area (TPSA) is 97.0 Å². The van der Waals surface area contributed by atoms with E-state index in [2.05, 4.69) is 16.5 Å². The van der Waals surface area contributed by atoms with Gasteiger partial charge in [-0.1, -0.05) is 25.4 Å². The van der Waals surface area contributed by atoms with Crippen LogP contribution in [0.5, 0.6) is 0 Å². The molecule has 29 heavy (non-hydrogen) atoms. The van der Waals surface area contributed by atoms with Crippen LogP contribution in [0.3, 0.4) is 0 Å². The lowest BCUT2D eigenvalue weighted by Crippen LogP contribution is -2.52. The van der Waals surface area contributed by atoms with Crippen LogP contribution in [0.2, 0.25) is 5.15 Å². The van der Waals surface area contributed by atoms with E-state index in [4.69, 9.17) is 16.3 Å². The minimum absolute atomic E-state index is 0.00236. The number of nitrogens with zero attached hydrogens (tertiary/aromatic N) is 3. The maximum Gasteiger partial charge on any atom is 0.344 e.